The van der Waals surface area contributed by atoms with Crippen LogP contribution in [0.5, 0.6) is 0 Å². The van der Waals surface area contributed by atoms with Crippen LogP contribution in [-0.4, -0.2) is 33.7 Å². The summed E-state index contributed by atoms with van der Waals surface area (Å²) >= 11 is 0. The number of carbonyl (C=O) groups excluding carboxylic acids is 1. The number of nitrogens with zero attached hydrogens (tertiary/aromatic N) is 1. The van der Waals surface area contributed by atoms with Gasteiger partial charge in [0.15, 0.2) is 0 Å². The number of halogens is 1. The molecule has 0 aliphatic rings. The molecule has 0 atom stereocenters. The molecule has 140 valence electrons. The number of hydrogen-bond donors (Lipinski definition) is 1. The molecule has 0 heterocycles. The van der Waals surface area contributed by atoms with E-state index in [0.717, 1.165) is 27.3 Å². The number of carbonyl (C=O) groups is 1. The molecule has 0 radical (unpaired) electrons. The largest absolute Gasteiger partial charge is 0.354 e. The third-order valence-corrected chi connectivity index (χ3v) is 5.26. The lowest BCUT2D eigenvalue weighted by Gasteiger charge is -2.22. The molecule has 0 aromatic heterocycles. The average molecular weight is 378 g/mol. The molecular weight excluding hydrogens is 355 g/mol. The van der Waals surface area contributed by atoms with Crippen LogP contribution in [-0.2, 0) is 21.2 Å². The number of aryl methyl sites for hydroxylation is 2. The van der Waals surface area contributed by atoms with Crippen LogP contribution in [0.3, 0.4) is 0 Å². The number of anilines is 1. The van der Waals surface area contributed by atoms with E-state index in [4.69, 9.17) is 0 Å². The van der Waals surface area contributed by atoms with E-state index in [-0.39, 0.29) is 12.4 Å². The highest BCUT2D eigenvalue weighted by Crippen LogP contribution is 2.21. The van der Waals surface area contributed by atoms with Crippen LogP contribution in [0.25, 0.3) is 0 Å². The van der Waals surface area contributed by atoms with Gasteiger partial charge in [0, 0.05) is 6.54 Å². The smallest absolute Gasteiger partial charge is 0.240 e. The number of benzene rings is 2. The maximum atomic E-state index is 12.9. The van der Waals surface area contributed by atoms with Gasteiger partial charge in [-0.05, 0) is 61.2 Å². The number of amides is 1. The maximum Gasteiger partial charge on any atom is 0.240 e. The second-order valence-corrected chi connectivity index (χ2v) is 8.17. The van der Waals surface area contributed by atoms with Crippen molar-refractivity contribution in [1.82, 2.24) is 5.32 Å². The summed E-state index contributed by atoms with van der Waals surface area (Å²) in [6.45, 7) is 3.88. The van der Waals surface area contributed by atoms with Crippen LogP contribution in [0.2, 0.25) is 0 Å². The minimum absolute atomic E-state index is 0.287. The van der Waals surface area contributed by atoms with Gasteiger partial charge in [-0.3, -0.25) is 9.10 Å². The molecule has 2 rings (SSSR count). The van der Waals surface area contributed by atoms with Crippen LogP contribution < -0.4 is 9.62 Å². The molecule has 26 heavy (non-hydrogen) atoms. The van der Waals surface area contributed by atoms with Gasteiger partial charge in [-0.2, -0.15) is 0 Å². The van der Waals surface area contributed by atoms with Crippen LogP contribution in [0.15, 0.2) is 42.5 Å². The molecule has 0 saturated carbocycles. The Bertz CT molecular complexity index is 880. The number of hydrogen-bond acceptors (Lipinski definition) is 3. The lowest BCUT2D eigenvalue weighted by molar-refractivity contribution is -0.119. The highest BCUT2D eigenvalue weighted by atomic mass is 32.2. The van der Waals surface area contributed by atoms with Gasteiger partial charge < -0.3 is 5.32 Å². The van der Waals surface area contributed by atoms with Gasteiger partial charge in [0.2, 0.25) is 15.9 Å². The van der Waals surface area contributed by atoms with Crippen LogP contribution >= 0.6 is 0 Å². The number of nitrogens with one attached hydrogen (secondary N) is 1. The molecule has 5 nitrogen and oxygen atoms in total. The van der Waals surface area contributed by atoms with E-state index in [0.29, 0.717) is 18.7 Å². The maximum absolute atomic E-state index is 12.9. The first kappa shape index (κ1) is 19.9. The monoisotopic (exact) mass is 378 g/mol. The second-order valence-electron chi connectivity index (χ2n) is 6.26. The summed E-state index contributed by atoms with van der Waals surface area (Å²) in [6, 6.07) is 11.3. The van der Waals surface area contributed by atoms with Crippen LogP contribution in [0.1, 0.15) is 16.7 Å². The van der Waals surface area contributed by atoms with Crippen LogP contribution in [0, 0.1) is 19.7 Å². The quantitative estimate of drug-likeness (QED) is 0.805. The Morgan fingerprint density at radius 1 is 1.08 bits per heavy atom. The lowest BCUT2D eigenvalue weighted by Crippen LogP contribution is -2.41. The van der Waals surface area contributed by atoms with Gasteiger partial charge in [-0.1, -0.05) is 18.2 Å². The Balaban J connectivity index is 2.00. The molecule has 1 N–H and O–H groups in total. The zero-order valence-electron chi connectivity index (χ0n) is 15.1. The Morgan fingerprint density at radius 2 is 1.73 bits per heavy atom. The van der Waals surface area contributed by atoms with Crippen molar-refractivity contribution in [3.8, 4) is 0 Å². The van der Waals surface area contributed by atoms with Crippen molar-refractivity contribution in [3.05, 3.63) is 65.0 Å². The molecule has 0 bridgehead atoms. The lowest BCUT2D eigenvalue weighted by atomic mass is 10.1. The summed E-state index contributed by atoms with van der Waals surface area (Å²) in [7, 11) is -3.59. The van der Waals surface area contributed by atoms with Crippen molar-refractivity contribution in [3.63, 3.8) is 0 Å². The van der Waals surface area contributed by atoms with Gasteiger partial charge in [-0.25, -0.2) is 12.8 Å². The third-order valence-electron chi connectivity index (χ3n) is 4.12. The van der Waals surface area contributed by atoms with E-state index in [9.17, 15) is 17.6 Å². The van der Waals surface area contributed by atoms with E-state index in [1.54, 1.807) is 24.3 Å². The van der Waals surface area contributed by atoms with Crippen molar-refractivity contribution in [2.45, 2.75) is 20.3 Å². The predicted molar refractivity (Wildman–Crippen MR) is 101 cm³/mol. The fourth-order valence-corrected chi connectivity index (χ4v) is 3.31. The SMILES string of the molecule is Cc1ccc(N(CC(=O)NCCc2ccc(F)cc2)S(C)(=O)=O)cc1C. The highest BCUT2D eigenvalue weighted by Gasteiger charge is 2.21. The van der Waals surface area contributed by atoms with E-state index < -0.39 is 15.9 Å². The molecule has 2 aromatic rings. The summed E-state index contributed by atoms with van der Waals surface area (Å²) in [5.74, 6) is -0.703. The second kappa shape index (κ2) is 8.31. The minimum atomic E-state index is -3.59. The van der Waals surface area contributed by atoms with Crippen molar-refractivity contribution in [1.29, 1.82) is 0 Å². The Kier molecular flexibility index (Phi) is 6.37. The summed E-state index contributed by atoms with van der Waals surface area (Å²) in [5.41, 5.74) is 3.35. The van der Waals surface area contributed by atoms with E-state index in [1.165, 1.54) is 12.1 Å². The van der Waals surface area contributed by atoms with Crippen molar-refractivity contribution >= 4 is 21.6 Å². The molecule has 0 spiro atoms. The molecule has 2 aromatic carbocycles. The van der Waals surface area contributed by atoms with Crippen molar-refractivity contribution in [2.75, 3.05) is 23.7 Å². The summed E-state index contributed by atoms with van der Waals surface area (Å²) in [6.07, 6.45) is 1.61. The molecule has 7 heteroatoms. The first-order chi connectivity index (χ1) is 12.2. The van der Waals surface area contributed by atoms with Crippen LogP contribution in [0.4, 0.5) is 10.1 Å². The zero-order valence-corrected chi connectivity index (χ0v) is 15.9. The molecule has 0 unspecified atom stereocenters. The normalized spacial score (nSPS) is 11.2. The zero-order chi connectivity index (χ0) is 19.3. The molecule has 1 amide bonds. The van der Waals surface area contributed by atoms with Gasteiger partial charge in [0.25, 0.3) is 0 Å². The number of rotatable bonds is 7. The highest BCUT2D eigenvalue weighted by molar-refractivity contribution is 7.92. The predicted octanol–water partition coefficient (Wildman–Crippen LogP) is 2.57. The van der Waals surface area contributed by atoms with E-state index >= 15 is 0 Å². The van der Waals surface area contributed by atoms with Gasteiger partial charge in [0.1, 0.15) is 12.4 Å². The third kappa shape index (κ3) is 5.56. The Hall–Kier alpha value is -2.41. The minimum Gasteiger partial charge on any atom is -0.354 e. The number of sulfonamides is 1. The summed E-state index contributed by atoms with van der Waals surface area (Å²) < 4.78 is 38.2. The summed E-state index contributed by atoms with van der Waals surface area (Å²) in [5, 5.41) is 2.71. The summed E-state index contributed by atoms with van der Waals surface area (Å²) in [4.78, 5) is 12.2. The van der Waals surface area contributed by atoms with Crippen molar-refractivity contribution < 1.29 is 17.6 Å². The average Bonchev–Trinajstić information content (AvgIpc) is 2.56. The molecule has 0 aliphatic heterocycles. The molecule has 0 fully saturated rings. The van der Waals surface area contributed by atoms with E-state index in [2.05, 4.69) is 5.32 Å². The fraction of sp³-hybridized carbons (Fsp3) is 0.316. The Morgan fingerprint density at radius 3 is 2.31 bits per heavy atom. The van der Waals surface area contributed by atoms with E-state index in [1.807, 2.05) is 19.9 Å². The van der Waals surface area contributed by atoms with Gasteiger partial charge in [0.05, 0.1) is 11.9 Å². The molecule has 0 aliphatic carbocycles. The van der Waals surface area contributed by atoms with Crippen molar-refractivity contribution in [2.24, 2.45) is 0 Å². The standard InChI is InChI=1S/C19H23FN2O3S/c1-14-4-9-18(12-15(14)2)22(26(3,24)25)13-19(23)21-11-10-16-5-7-17(20)8-6-16/h4-9,12H,10-11,13H2,1-3H3,(H,21,23). The fourth-order valence-electron chi connectivity index (χ4n) is 2.46. The molecular formula is C19H23FN2O3S. The van der Waals surface area contributed by atoms with Gasteiger partial charge in [-0.15, -0.1) is 0 Å². The topological polar surface area (TPSA) is 66.5 Å². The Labute approximate surface area is 153 Å². The first-order valence-electron chi connectivity index (χ1n) is 8.23. The first-order valence-corrected chi connectivity index (χ1v) is 10.1. The van der Waals surface area contributed by atoms with Gasteiger partial charge >= 0.3 is 0 Å². The molecule has 0 saturated heterocycles.